The van der Waals surface area contributed by atoms with Gasteiger partial charge in [0.05, 0.1) is 5.75 Å². The Morgan fingerprint density at radius 1 is 1.07 bits per heavy atom. The fourth-order valence-electron chi connectivity index (χ4n) is 4.58. The first-order valence-corrected chi connectivity index (χ1v) is 12.6. The maximum absolute atomic E-state index is 12.5. The van der Waals surface area contributed by atoms with Crippen molar-refractivity contribution in [3.8, 4) is 0 Å². The van der Waals surface area contributed by atoms with Crippen LogP contribution in [0.15, 0.2) is 6.07 Å². The first-order valence-electron chi connectivity index (χ1n) is 10.8. The molecule has 2 N–H and O–H groups in total. The quantitative estimate of drug-likeness (QED) is 0.652. The Morgan fingerprint density at radius 2 is 1.72 bits per heavy atom. The van der Waals surface area contributed by atoms with Crippen molar-refractivity contribution in [3.63, 3.8) is 0 Å². The summed E-state index contributed by atoms with van der Waals surface area (Å²) >= 11 is 0. The molecule has 2 aliphatic carbocycles. The number of nitrogens with zero attached hydrogens (tertiary/aromatic N) is 3. The lowest BCUT2D eigenvalue weighted by atomic mass is 9.99. The summed E-state index contributed by atoms with van der Waals surface area (Å²) in [6.07, 6.45) is 6.83. The molecule has 0 radical (unpaired) electrons. The molecule has 0 saturated heterocycles. The molecule has 158 valence electrons. The summed E-state index contributed by atoms with van der Waals surface area (Å²) in [6, 6.07) is 2.39. The van der Waals surface area contributed by atoms with E-state index in [0.717, 1.165) is 38.8 Å². The minimum Gasteiger partial charge on any atom is -0.322 e. The molecule has 2 aromatic rings. The van der Waals surface area contributed by atoms with Crippen LogP contribution in [0.3, 0.4) is 0 Å². The van der Waals surface area contributed by atoms with Crippen LogP contribution in [0.4, 0.5) is 11.6 Å². The maximum Gasteiger partial charge on any atom is 0.246 e. The van der Waals surface area contributed by atoms with E-state index in [1.807, 2.05) is 13.8 Å². The van der Waals surface area contributed by atoms with Crippen molar-refractivity contribution in [1.82, 2.24) is 20.1 Å². The number of sulfone groups is 1. The van der Waals surface area contributed by atoms with Crippen LogP contribution in [0.25, 0.3) is 0 Å². The fraction of sp³-hybridized carbons (Fsp3) is 0.619. The third kappa shape index (κ3) is 4.48. The molecule has 0 saturated carbocycles. The third-order valence-corrected chi connectivity index (χ3v) is 7.73. The van der Waals surface area contributed by atoms with Gasteiger partial charge >= 0.3 is 0 Å². The predicted octanol–water partition coefficient (Wildman–Crippen LogP) is 2.78. The summed E-state index contributed by atoms with van der Waals surface area (Å²) in [5.74, 6) is 0.899. The standard InChI is InChI=1S/C21H31N5O2S/c1-3-26(4-2)11-12-29(27,28)14-19-22-21(25-24-19)23-20-17-9-5-7-15(17)13-16-8-6-10-18(16)20/h13H,3-12,14H2,1-2H3,(H2,22,23,24,25). The lowest BCUT2D eigenvalue weighted by molar-refractivity contribution is 0.321. The molecule has 29 heavy (non-hydrogen) atoms. The van der Waals surface area contributed by atoms with Crippen LogP contribution in [0.2, 0.25) is 0 Å². The second kappa shape index (κ2) is 8.44. The van der Waals surface area contributed by atoms with E-state index in [4.69, 9.17) is 0 Å². The molecule has 2 aliphatic rings. The maximum atomic E-state index is 12.5. The fourth-order valence-corrected chi connectivity index (χ4v) is 5.81. The summed E-state index contributed by atoms with van der Waals surface area (Å²) in [5, 5.41) is 10.5. The van der Waals surface area contributed by atoms with Crippen LogP contribution >= 0.6 is 0 Å². The lowest BCUT2D eigenvalue weighted by Gasteiger charge is -2.17. The van der Waals surface area contributed by atoms with E-state index in [-0.39, 0.29) is 11.5 Å². The summed E-state index contributed by atoms with van der Waals surface area (Å²) in [6.45, 7) is 6.35. The molecule has 1 aromatic carbocycles. The molecule has 0 bridgehead atoms. The third-order valence-electron chi connectivity index (χ3n) is 6.21. The number of aromatic amines is 1. The zero-order valence-electron chi connectivity index (χ0n) is 17.4. The molecule has 1 heterocycles. The van der Waals surface area contributed by atoms with Crippen molar-refractivity contribution in [2.45, 2.75) is 58.1 Å². The van der Waals surface area contributed by atoms with Crippen molar-refractivity contribution < 1.29 is 8.42 Å². The van der Waals surface area contributed by atoms with E-state index in [9.17, 15) is 8.42 Å². The number of aromatic nitrogens is 3. The van der Waals surface area contributed by atoms with Gasteiger partial charge in [-0.05, 0) is 73.9 Å². The van der Waals surface area contributed by atoms with Gasteiger partial charge in [-0.3, -0.25) is 5.10 Å². The van der Waals surface area contributed by atoms with Gasteiger partial charge in [-0.25, -0.2) is 8.42 Å². The normalized spacial score (nSPS) is 15.7. The minimum atomic E-state index is -3.23. The van der Waals surface area contributed by atoms with E-state index < -0.39 is 9.84 Å². The van der Waals surface area contributed by atoms with Crippen LogP contribution in [-0.4, -0.2) is 53.9 Å². The number of fused-ring (bicyclic) bond motifs is 2. The van der Waals surface area contributed by atoms with Gasteiger partial charge in [0.1, 0.15) is 11.6 Å². The van der Waals surface area contributed by atoms with E-state index in [0.29, 0.717) is 18.3 Å². The highest BCUT2D eigenvalue weighted by Crippen LogP contribution is 2.39. The molecule has 1 aromatic heterocycles. The molecule has 0 spiro atoms. The molecule has 0 aliphatic heterocycles. The number of rotatable bonds is 9. The van der Waals surface area contributed by atoms with Crippen LogP contribution in [0.1, 0.15) is 54.8 Å². The molecule has 0 amide bonds. The highest BCUT2D eigenvalue weighted by molar-refractivity contribution is 7.90. The zero-order chi connectivity index (χ0) is 20.4. The molecule has 0 unspecified atom stereocenters. The van der Waals surface area contributed by atoms with Crippen LogP contribution in [0, 0.1) is 0 Å². The highest BCUT2D eigenvalue weighted by atomic mass is 32.2. The monoisotopic (exact) mass is 417 g/mol. The van der Waals surface area contributed by atoms with Crippen molar-refractivity contribution in [2.75, 3.05) is 30.7 Å². The van der Waals surface area contributed by atoms with E-state index >= 15 is 0 Å². The summed E-state index contributed by atoms with van der Waals surface area (Å²) < 4.78 is 25.0. The van der Waals surface area contributed by atoms with E-state index in [2.05, 4.69) is 31.5 Å². The lowest BCUT2D eigenvalue weighted by Crippen LogP contribution is -2.29. The summed E-state index contributed by atoms with van der Waals surface area (Å²) in [7, 11) is -3.23. The molecular formula is C21H31N5O2S. The summed E-state index contributed by atoms with van der Waals surface area (Å²) in [5.41, 5.74) is 6.85. The molecule has 8 heteroatoms. The molecular weight excluding hydrogens is 386 g/mol. The van der Waals surface area contributed by atoms with Gasteiger partial charge in [-0.1, -0.05) is 19.9 Å². The largest absolute Gasteiger partial charge is 0.322 e. The van der Waals surface area contributed by atoms with Crippen molar-refractivity contribution in [1.29, 1.82) is 0 Å². The number of aryl methyl sites for hydroxylation is 2. The summed E-state index contributed by atoms with van der Waals surface area (Å²) in [4.78, 5) is 6.55. The van der Waals surface area contributed by atoms with Crippen LogP contribution < -0.4 is 5.32 Å². The van der Waals surface area contributed by atoms with Crippen molar-refractivity contribution in [2.24, 2.45) is 0 Å². The zero-order valence-corrected chi connectivity index (χ0v) is 18.2. The average Bonchev–Trinajstić information content (AvgIpc) is 3.43. The highest BCUT2D eigenvalue weighted by Gasteiger charge is 2.25. The molecule has 7 nitrogen and oxygen atoms in total. The van der Waals surface area contributed by atoms with Crippen molar-refractivity contribution >= 4 is 21.5 Å². The number of hydrogen-bond acceptors (Lipinski definition) is 6. The van der Waals surface area contributed by atoms with Gasteiger partial charge in [0.15, 0.2) is 9.84 Å². The topological polar surface area (TPSA) is 91.0 Å². The van der Waals surface area contributed by atoms with Gasteiger partial charge in [-0.15, -0.1) is 5.10 Å². The van der Waals surface area contributed by atoms with Gasteiger partial charge in [0, 0.05) is 12.2 Å². The Balaban J connectivity index is 1.47. The SMILES string of the molecule is CCN(CC)CCS(=O)(=O)Cc1nc(Nc2c3c(cc4c2CCC4)CCC3)n[nH]1. The number of anilines is 2. The Morgan fingerprint density at radius 3 is 2.34 bits per heavy atom. The van der Waals surface area contributed by atoms with Gasteiger partial charge in [-0.2, -0.15) is 4.98 Å². The number of benzene rings is 1. The van der Waals surface area contributed by atoms with Gasteiger partial charge in [0.2, 0.25) is 5.95 Å². The number of H-pyrrole nitrogens is 1. The first-order chi connectivity index (χ1) is 14.0. The first kappa shape index (κ1) is 20.3. The van der Waals surface area contributed by atoms with Crippen molar-refractivity contribution in [3.05, 3.63) is 34.1 Å². The van der Waals surface area contributed by atoms with Crippen LogP contribution in [0.5, 0.6) is 0 Å². The smallest absolute Gasteiger partial charge is 0.246 e. The molecule has 0 atom stereocenters. The molecule has 4 rings (SSSR count). The number of nitrogens with one attached hydrogen (secondary N) is 2. The number of hydrogen-bond donors (Lipinski definition) is 2. The van der Waals surface area contributed by atoms with Gasteiger partial charge in [0.25, 0.3) is 0 Å². The minimum absolute atomic E-state index is 0.103. The Hall–Kier alpha value is -1.93. The average molecular weight is 418 g/mol. The van der Waals surface area contributed by atoms with Gasteiger partial charge < -0.3 is 10.2 Å². The van der Waals surface area contributed by atoms with E-state index in [1.54, 1.807) is 0 Å². The second-order valence-corrected chi connectivity index (χ2v) is 10.3. The second-order valence-electron chi connectivity index (χ2n) is 8.08. The van der Waals surface area contributed by atoms with Crippen LogP contribution in [-0.2, 0) is 41.3 Å². The Bertz CT molecular complexity index is 947. The predicted molar refractivity (Wildman–Crippen MR) is 115 cm³/mol. The Kier molecular flexibility index (Phi) is 5.92. The molecule has 0 fully saturated rings. The Labute approximate surface area is 173 Å². The van der Waals surface area contributed by atoms with E-state index in [1.165, 1.54) is 40.8 Å².